The number of hydrogen-bond donors (Lipinski definition) is 1. The minimum Gasteiger partial charge on any atom is -0.481 e. The van der Waals surface area contributed by atoms with Crippen molar-refractivity contribution >= 4 is 57.5 Å². The van der Waals surface area contributed by atoms with Crippen LogP contribution in [0.2, 0.25) is 15.1 Å². The van der Waals surface area contributed by atoms with Crippen molar-refractivity contribution in [2.24, 2.45) is 0 Å². The second kappa shape index (κ2) is 8.79. The number of fused-ring (bicyclic) bond motifs is 1. The molecule has 0 fully saturated rings. The van der Waals surface area contributed by atoms with Crippen LogP contribution in [0.25, 0.3) is 22.6 Å². The summed E-state index contributed by atoms with van der Waals surface area (Å²) in [7, 11) is 0. The highest BCUT2D eigenvalue weighted by molar-refractivity contribution is 6.42. The Morgan fingerprint density at radius 1 is 0.968 bits per heavy atom. The number of para-hydroxylation sites is 2. The van der Waals surface area contributed by atoms with E-state index in [1.807, 2.05) is 36.4 Å². The van der Waals surface area contributed by atoms with Gasteiger partial charge in [0, 0.05) is 16.3 Å². The average molecular weight is 476 g/mol. The Kier molecular flexibility index (Phi) is 6.10. The van der Waals surface area contributed by atoms with E-state index in [0.29, 0.717) is 27.7 Å². The summed E-state index contributed by atoms with van der Waals surface area (Å²) >= 11 is 18.8. The summed E-state index contributed by atoms with van der Waals surface area (Å²) in [6.45, 7) is 3.27. The molecule has 0 spiro atoms. The van der Waals surface area contributed by atoms with Gasteiger partial charge in [-0.2, -0.15) is 0 Å². The lowest BCUT2D eigenvalue weighted by Crippen LogP contribution is -2.20. The highest BCUT2D eigenvalue weighted by atomic mass is 35.5. The molecule has 3 aromatic carbocycles. The zero-order valence-electron chi connectivity index (χ0n) is 16.6. The minimum absolute atomic E-state index is 0.240. The molecule has 0 saturated heterocycles. The molecule has 8 heteroatoms. The molecule has 0 saturated carbocycles. The van der Waals surface area contributed by atoms with Gasteiger partial charge in [0.25, 0.3) is 5.91 Å². The number of hydrogen-bond acceptors (Lipinski definition) is 4. The molecular formula is C23H17Cl3N2O3. The predicted octanol–water partition coefficient (Wildman–Crippen LogP) is 7.09. The summed E-state index contributed by atoms with van der Waals surface area (Å²) in [5, 5.41) is 3.82. The third-order valence-electron chi connectivity index (χ3n) is 4.77. The summed E-state index contributed by atoms with van der Waals surface area (Å²) in [6.07, 6.45) is 0. The van der Waals surface area contributed by atoms with Gasteiger partial charge >= 0.3 is 0 Å². The van der Waals surface area contributed by atoms with Crippen molar-refractivity contribution in [1.82, 2.24) is 4.98 Å². The molecule has 1 amide bonds. The largest absolute Gasteiger partial charge is 0.481 e. The van der Waals surface area contributed by atoms with Crippen LogP contribution in [0, 0.1) is 13.8 Å². The maximum absolute atomic E-state index is 12.3. The number of ether oxygens (including phenoxy) is 1. The van der Waals surface area contributed by atoms with Gasteiger partial charge in [0.1, 0.15) is 5.52 Å². The van der Waals surface area contributed by atoms with Gasteiger partial charge < -0.3 is 14.5 Å². The van der Waals surface area contributed by atoms with Crippen LogP contribution in [-0.4, -0.2) is 17.5 Å². The molecule has 0 aliphatic heterocycles. The predicted molar refractivity (Wildman–Crippen MR) is 125 cm³/mol. The highest BCUT2D eigenvalue weighted by Crippen LogP contribution is 2.42. The SMILES string of the molecule is Cc1c(Cl)c(C)c(Cl)c(OCC(=O)Nc2ccc(-c3nc4ccccc4o3)cc2)c1Cl. The fraction of sp³-hybridized carbons (Fsp3) is 0.130. The fourth-order valence-electron chi connectivity index (χ4n) is 3.06. The minimum atomic E-state index is -0.355. The maximum atomic E-state index is 12.3. The Morgan fingerprint density at radius 2 is 1.61 bits per heavy atom. The molecular weight excluding hydrogens is 459 g/mol. The first-order chi connectivity index (χ1) is 14.8. The van der Waals surface area contributed by atoms with E-state index in [-0.39, 0.29) is 28.3 Å². The highest BCUT2D eigenvalue weighted by Gasteiger charge is 2.18. The van der Waals surface area contributed by atoms with Gasteiger partial charge in [-0.05, 0) is 61.4 Å². The van der Waals surface area contributed by atoms with E-state index in [1.165, 1.54) is 0 Å². The van der Waals surface area contributed by atoms with Gasteiger partial charge in [0.15, 0.2) is 17.9 Å². The molecule has 4 aromatic rings. The van der Waals surface area contributed by atoms with Crippen molar-refractivity contribution in [2.75, 3.05) is 11.9 Å². The van der Waals surface area contributed by atoms with Crippen LogP contribution in [0.1, 0.15) is 11.1 Å². The number of anilines is 1. The molecule has 158 valence electrons. The number of amides is 1. The summed E-state index contributed by atoms with van der Waals surface area (Å²) in [5.41, 5.74) is 4.21. The molecule has 0 atom stereocenters. The Bertz CT molecular complexity index is 1220. The number of halogens is 3. The molecule has 1 heterocycles. The standard InChI is InChI=1S/C23H17Cl3N2O3/c1-12-19(24)13(2)21(26)22(20(12)25)30-11-18(29)27-15-9-7-14(8-10-15)23-28-16-5-3-4-6-17(16)31-23/h3-10H,11H2,1-2H3,(H,27,29). The Morgan fingerprint density at radius 3 is 2.26 bits per heavy atom. The summed E-state index contributed by atoms with van der Waals surface area (Å²) in [6, 6.07) is 14.7. The summed E-state index contributed by atoms with van der Waals surface area (Å²) in [4.78, 5) is 16.8. The maximum Gasteiger partial charge on any atom is 0.262 e. The van der Waals surface area contributed by atoms with Crippen molar-refractivity contribution in [2.45, 2.75) is 13.8 Å². The fourth-order valence-corrected chi connectivity index (χ4v) is 3.89. The normalized spacial score (nSPS) is 11.0. The number of nitrogens with zero attached hydrogens (tertiary/aromatic N) is 1. The van der Waals surface area contributed by atoms with Crippen LogP contribution in [0.15, 0.2) is 52.9 Å². The zero-order valence-corrected chi connectivity index (χ0v) is 18.9. The van der Waals surface area contributed by atoms with Crippen LogP contribution >= 0.6 is 34.8 Å². The lowest BCUT2D eigenvalue weighted by Gasteiger charge is -2.15. The summed E-state index contributed by atoms with van der Waals surface area (Å²) < 4.78 is 11.3. The monoisotopic (exact) mass is 474 g/mol. The molecule has 4 rings (SSSR count). The lowest BCUT2D eigenvalue weighted by atomic mass is 10.1. The van der Waals surface area contributed by atoms with Gasteiger partial charge in [0.05, 0.1) is 10.0 Å². The van der Waals surface area contributed by atoms with E-state index in [2.05, 4.69) is 10.3 Å². The molecule has 0 aliphatic rings. The van der Waals surface area contributed by atoms with Crippen LogP contribution in [0.3, 0.4) is 0 Å². The first-order valence-electron chi connectivity index (χ1n) is 9.37. The smallest absolute Gasteiger partial charge is 0.262 e. The van der Waals surface area contributed by atoms with Crippen molar-refractivity contribution in [3.05, 3.63) is 74.7 Å². The number of carbonyl (C=O) groups is 1. The quantitative estimate of drug-likeness (QED) is 0.335. The second-order valence-electron chi connectivity index (χ2n) is 6.92. The molecule has 0 bridgehead atoms. The van der Waals surface area contributed by atoms with Crippen molar-refractivity contribution in [3.8, 4) is 17.2 Å². The summed E-state index contributed by atoms with van der Waals surface area (Å²) in [5.74, 6) is 0.399. The molecule has 0 radical (unpaired) electrons. The molecule has 0 unspecified atom stereocenters. The van der Waals surface area contributed by atoms with Gasteiger partial charge in [-0.3, -0.25) is 4.79 Å². The third-order valence-corrected chi connectivity index (χ3v) is 6.25. The number of aromatic nitrogens is 1. The second-order valence-corrected chi connectivity index (χ2v) is 8.06. The van der Waals surface area contributed by atoms with Crippen molar-refractivity contribution < 1.29 is 13.9 Å². The van der Waals surface area contributed by atoms with Crippen LogP contribution < -0.4 is 10.1 Å². The van der Waals surface area contributed by atoms with E-state index in [1.54, 1.807) is 26.0 Å². The number of nitrogens with one attached hydrogen (secondary N) is 1. The number of benzene rings is 3. The first kappa shape index (κ1) is 21.5. The van der Waals surface area contributed by atoms with Crippen molar-refractivity contribution in [1.29, 1.82) is 0 Å². The van der Waals surface area contributed by atoms with E-state index in [4.69, 9.17) is 44.0 Å². The third kappa shape index (κ3) is 4.35. The molecule has 5 nitrogen and oxygen atoms in total. The van der Waals surface area contributed by atoms with Crippen molar-refractivity contribution in [3.63, 3.8) is 0 Å². The Labute approximate surface area is 193 Å². The Balaban J connectivity index is 1.43. The van der Waals surface area contributed by atoms with Gasteiger partial charge in [-0.25, -0.2) is 4.98 Å². The topological polar surface area (TPSA) is 64.4 Å². The zero-order chi connectivity index (χ0) is 22.1. The van der Waals surface area contributed by atoms with Gasteiger partial charge in [0.2, 0.25) is 5.89 Å². The number of rotatable bonds is 5. The number of carbonyl (C=O) groups excluding carboxylic acids is 1. The van der Waals surface area contributed by atoms with Gasteiger partial charge in [-0.15, -0.1) is 0 Å². The first-order valence-corrected chi connectivity index (χ1v) is 10.5. The lowest BCUT2D eigenvalue weighted by molar-refractivity contribution is -0.118. The van der Waals surface area contributed by atoms with E-state index < -0.39 is 0 Å². The van der Waals surface area contributed by atoms with Crippen LogP contribution in [-0.2, 0) is 4.79 Å². The van der Waals surface area contributed by atoms with Crippen LogP contribution in [0.4, 0.5) is 5.69 Å². The Hall–Kier alpha value is -2.73. The van der Waals surface area contributed by atoms with E-state index in [0.717, 1.165) is 16.7 Å². The molecule has 0 aliphatic carbocycles. The van der Waals surface area contributed by atoms with E-state index >= 15 is 0 Å². The average Bonchev–Trinajstić information content (AvgIpc) is 3.21. The van der Waals surface area contributed by atoms with Gasteiger partial charge in [-0.1, -0.05) is 46.9 Å². The molecule has 1 N–H and O–H groups in total. The molecule has 1 aromatic heterocycles. The number of oxazole rings is 1. The van der Waals surface area contributed by atoms with E-state index in [9.17, 15) is 4.79 Å². The molecule has 31 heavy (non-hydrogen) atoms. The van der Waals surface area contributed by atoms with Crippen LogP contribution in [0.5, 0.6) is 5.75 Å².